The number of rotatable bonds is 6. The molecule has 1 aromatic carbocycles. The van der Waals surface area contributed by atoms with E-state index in [2.05, 4.69) is 5.32 Å². The van der Waals surface area contributed by atoms with Gasteiger partial charge in [0.1, 0.15) is 12.6 Å². The van der Waals surface area contributed by atoms with Crippen LogP contribution in [0.4, 0.5) is 4.79 Å². The molecule has 6 nitrogen and oxygen atoms in total. The molecule has 21 heavy (non-hydrogen) atoms. The Labute approximate surface area is 125 Å². The van der Waals surface area contributed by atoms with Gasteiger partial charge in [-0.3, -0.25) is 10.1 Å². The van der Waals surface area contributed by atoms with Crippen molar-refractivity contribution in [1.29, 1.82) is 0 Å². The maximum Gasteiger partial charge on any atom is 0.408 e. The molecule has 0 fully saturated rings. The van der Waals surface area contributed by atoms with Gasteiger partial charge in [-0.25, -0.2) is 4.79 Å². The first kappa shape index (κ1) is 15.0. The summed E-state index contributed by atoms with van der Waals surface area (Å²) in [4.78, 5) is 22.7. The molecular formula is C14H14N2O4S. The topological polar surface area (TPSA) is 81.5 Å². The molecule has 1 aromatic heterocycles. The van der Waals surface area contributed by atoms with Crippen LogP contribution in [0.15, 0.2) is 47.8 Å². The molecular weight excluding hydrogens is 292 g/mol. The van der Waals surface area contributed by atoms with Gasteiger partial charge in [0.15, 0.2) is 0 Å². The molecule has 1 N–H and O–H groups in total. The van der Waals surface area contributed by atoms with Crippen LogP contribution >= 0.6 is 11.3 Å². The van der Waals surface area contributed by atoms with E-state index in [1.54, 1.807) is 17.5 Å². The third-order valence-electron chi connectivity index (χ3n) is 2.72. The molecule has 0 unspecified atom stereocenters. The highest BCUT2D eigenvalue weighted by atomic mass is 32.1. The number of carbonyl (C=O) groups excluding carboxylic acids is 1. The van der Waals surface area contributed by atoms with Crippen molar-refractivity contribution in [2.75, 3.05) is 6.54 Å². The first-order valence-corrected chi connectivity index (χ1v) is 7.15. The number of ether oxygens (including phenoxy) is 1. The van der Waals surface area contributed by atoms with Gasteiger partial charge < -0.3 is 10.1 Å². The summed E-state index contributed by atoms with van der Waals surface area (Å²) in [5, 5.41) is 15.0. The van der Waals surface area contributed by atoms with Crippen LogP contribution in [0.2, 0.25) is 0 Å². The Bertz CT molecular complexity index is 586. The van der Waals surface area contributed by atoms with E-state index in [4.69, 9.17) is 4.74 Å². The highest BCUT2D eigenvalue weighted by Crippen LogP contribution is 2.19. The summed E-state index contributed by atoms with van der Waals surface area (Å²) in [7, 11) is 0. The van der Waals surface area contributed by atoms with Gasteiger partial charge in [-0.05, 0) is 17.0 Å². The van der Waals surface area contributed by atoms with Crippen LogP contribution in [0.5, 0.6) is 0 Å². The molecule has 0 aliphatic rings. The second-order valence-corrected chi connectivity index (χ2v) is 5.27. The summed E-state index contributed by atoms with van der Waals surface area (Å²) in [6, 6.07) is 12.1. The molecule has 0 aliphatic carbocycles. The zero-order valence-corrected chi connectivity index (χ0v) is 11.9. The Hall–Kier alpha value is -2.41. The first-order chi connectivity index (χ1) is 10.1. The number of hydrogen-bond donors (Lipinski definition) is 1. The van der Waals surface area contributed by atoms with Crippen LogP contribution in [0.3, 0.4) is 0 Å². The quantitative estimate of drug-likeness (QED) is 0.657. The Balaban J connectivity index is 1.90. The van der Waals surface area contributed by atoms with Gasteiger partial charge in [-0.15, -0.1) is 11.3 Å². The van der Waals surface area contributed by atoms with Crippen molar-refractivity contribution < 1.29 is 14.5 Å². The minimum absolute atomic E-state index is 0.127. The summed E-state index contributed by atoms with van der Waals surface area (Å²) in [5.74, 6) is 0. The van der Waals surface area contributed by atoms with Crippen molar-refractivity contribution in [1.82, 2.24) is 5.32 Å². The Kier molecular flexibility index (Phi) is 5.28. The van der Waals surface area contributed by atoms with E-state index in [9.17, 15) is 14.9 Å². The van der Waals surface area contributed by atoms with Gasteiger partial charge in [-0.2, -0.15) is 0 Å². The van der Waals surface area contributed by atoms with Crippen molar-refractivity contribution in [2.24, 2.45) is 0 Å². The number of amides is 1. The van der Waals surface area contributed by atoms with E-state index in [1.165, 1.54) is 11.3 Å². The fraction of sp³-hybridized carbons (Fsp3) is 0.214. The third kappa shape index (κ3) is 4.88. The summed E-state index contributed by atoms with van der Waals surface area (Å²) in [6.45, 7) is -0.247. The molecule has 0 radical (unpaired) electrons. The lowest BCUT2D eigenvalue weighted by Gasteiger charge is -2.13. The first-order valence-electron chi connectivity index (χ1n) is 6.27. The molecule has 1 heterocycles. The van der Waals surface area contributed by atoms with Crippen molar-refractivity contribution in [3.05, 3.63) is 68.4 Å². The maximum absolute atomic E-state index is 11.8. The minimum Gasteiger partial charge on any atom is -0.445 e. The van der Waals surface area contributed by atoms with E-state index >= 15 is 0 Å². The van der Waals surface area contributed by atoms with Crippen LogP contribution in [0.25, 0.3) is 0 Å². The molecule has 110 valence electrons. The lowest BCUT2D eigenvalue weighted by Crippen LogP contribution is -2.32. The average molecular weight is 306 g/mol. The molecule has 0 saturated heterocycles. The van der Waals surface area contributed by atoms with Gasteiger partial charge in [0.2, 0.25) is 6.54 Å². The van der Waals surface area contributed by atoms with E-state index in [0.717, 1.165) is 10.4 Å². The second kappa shape index (κ2) is 7.39. The number of carbonyl (C=O) groups is 1. The predicted octanol–water partition coefficient (Wildman–Crippen LogP) is 2.99. The fourth-order valence-electron chi connectivity index (χ4n) is 1.75. The van der Waals surface area contributed by atoms with Crippen molar-refractivity contribution in [3.8, 4) is 0 Å². The predicted molar refractivity (Wildman–Crippen MR) is 78.7 cm³/mol. The molecule has 2 aromatic rings. The molecule has 1 atom stereocenters. The average Bonchev–Trinajstić information content (AvgIpc) is 2.99. The molecule has 7 heteroatoms. The van der Waals surface area contributed by atoms with Gasteiger partial charge in [0.25, 0.3) is 0 Å². The van der Waals surface area contributed by atoms with Gasteiger partial charge in [0.05, 0.1) is 0 Å². The highest BCUT2D eigenvalue weighted by Gasteiger charge is 2.21. The number of nitrogens with zero attached hydrogens (tertiary/aromatic N) is 1. The summed E-state index contributed by atoms with van der Waals surface area (Å²) < 4.78 is 5.07. The normalized spacial score (nSPS) is 11.6. The Morgan fingerprint density at radius 3 is 2.67 bits per heavy atom. The maximum atomic E-state index is 11.8. The lowest BCUT2D eigenvalue weighted by molar-refractivity contribution is -0.484. The molecule has 0 bridgehead atoms. The van der Waals surface area contributed by atoms with E-state index in [-0.39, 0.29) is 13.2 Å². The third-order valence-corrected chi connectivity index (χ3v) is 3.71. The zero-order valence-electron chi connectivity index (χ0n) is 11.1. The SMILES string of the molecule is O=C(N[C@H](C[N+](=O)[O-])c1cccs1)OCc1ccccc1. The molecule has 1 amide bonds. The number of nitrogens with one attached hydrogen (secondary N) is 1. The van der Waals surface area contributed by atoms with Gasteiger partial charge in [0, 0.05) is 9.80 Å². The van der Waals surface area contributed by atoms with Crippen molar-refractivity contribution in [2.45, 2.75) is 12.6 Å². The van der Waals surface area contributed by atoms with Gasteiger partial charge in [-0.1, -0.05) is 36.4 Å². The minimum atomic E-state index is -0.678. The second-order valence-electron chi connectivity index (χ2n) is 4.29. The van der Waals surface area contributed by atoms with Gasteiger partial charge >= 0.3 is 6.09 Å². The van der Waals surface area contributed by atoms with E-state index < -0.39 is 17.1 Å². The van der Waals surface area contributed by atoms with Crippen LogP contribution < -0.4 is 5.32 Å². The summed E-state index contributed by atoms with van der Waals surface area (Å²) in [6.07, 6.45) is -0.667. The van der Waals surface area contributed by atoms with Crippen LogP contribution in [0.1, 0.15) is 16.5 Å². The van der Waals surface area contributed by atoms with Crippen LogP contribution in [-0.4, -0.2) is 17.6 Å². The fourth-order valence-corrected chi connectivity index (χ4v) is 2.52. The Morgan fingerprint density at radius 2 is 2.05 bits per heavy atom. The Morgan fingerprint density at radius 1 is 1.29 bits per heavy atom. The number of alkyl carbamates (subject to hydrolysis) is 1. The lowest BCUT2D eigenvalue weighted by atomic mass is 10.2. The summed E-state index contributed by atoms with van der Waals surface area (Å²) in [5.41, 5.74) is 0.856. The largest absolute Gasteiger partial charge is 0.445 e. The van der Waals surface area contributed by atoms with E-state index in [1.807, 2.05) is 30.3 Å². The molecule has 2 rings (SSSR count). The molecule has 0 saturated carbocycles. The van der Waals surface area contributed by atoms with Crippen molar-refractivity contribution >= 4 is 17.4 Å². The monoisotopic (exact) mass is 306 g/mol. The van der Waals surface area contributed by atoms with Crippen LogP contribution in [-0.2, 0) is 11.3 Å². The summed E-state index contributed by atoms with van der Waals surface area (Å²) >= 11 is 1.35. The number of nitro groups is 1. The molecule has 0 spiro atoms. The van der Waals surface area contributed by atoms with Crippen LogP contribution in [0, 0.1) is 10.1 Å². The molecule has 0 aliphatic heterocycles. The van der Waals surface area contributed by atoms with E-state index in [0.29, 0.717) is 0 Å². The number of hydrogen-bond acceptors (Lipinski definition) is 5. The number of thiophene rings is 1. The standard InChI is InChI=1S/C14H14N2O4S/c17-14(20-10-11-5-2-1-3-6-11)15-12(9-16(18)19)13-7-4-8-21-13/h1-8,12H,9-10H2,(H,15,17)/t12-/m1/s1. The zero-order chi connectivity index (χ0) is 15.1. The smallest absolute Gasteiger partial charge is 0.408 e. The van der Waals surface area contributed by atoms with Crippen molar-refractivity contribution in [3.63, 3.8) is 0 Å². The number of benzene rings is 1. The highest BCUT2D eigenvalue weighted by molar-refractivity contribution is 7.10.